The van der Waals surface area contributed by atoms with Crippen molar-refractivity contribution in [2.45, 2.75) is 51.0 Å². The first-order valence-electron chi connectivity index (χ1n) is 8.18. The monoisotopic (exact) mass is 298 g/mol. The summed E-state index contributed by atoms with van der Waals surface area (Å²) in [5.41, 5.74) is 4.11. The van der Waals surface area contributed by atoms with E-state index in [1.807, 2.05) is 11.3 Å². The minimum absolute atomic E-state index is 0.467. The molecule has 1 N–H and O–H groups in total. The maximum Gasteiger partial charge on any atom is 0.123 e. The van der Waals surface area contributed by atoms with Crippen molar-refractivity contribution < 1.29 is 0 Å². The van der Waals surface area contributed by atoms with Gasteiger partial charge in [-0.25, -0.2) is 4.98 Å². The molecule has 2 nitrogen and oxygen atoms in total. The Balaban J connectivity index is 1.63. The molecule has 1 aromatic heterocycles. The molecule has 0 radical (unpaired) electrons. The minimum atomic E-state index is 0.467. The fourth-order valence-corrected chi connectivity index (χ4v) is 4.47. The van der Waals surface area contributed by atoms with E-state index in [4.69, 9.17) is 4.98 Å². The first kappa shape index (κ1) is 13.5. The molecule has 1 saturated carbocycles. The van der Waals surface area contributed by atoms with Crippen molar-refractivity contribution in [3.8, 4) is 10.6 Å². The fraction of sp³-hybridized carbons (Fsp3) is 0.500. The molecule has 3 heteroatoms. The molecule has 1 heterocycles. The molecule has 2 aromatic rings. The molecular weight excluding hydrogens is 276 g/mol. The largest absolute Gasteiger partial charge is 0.309 e. The molecule has 0 spiro atoms. The van der Waals surface area contributed by atoms with Crippen LogP contribution in [-0.4, -0.2) is 11.5 Å². The Kier molecular flexibility index (Phi) is 3.56. The zero-order chi connectivity index (χ0) is 14.2. The zero-order valence-corrected chi connectivity index (χ0v) is 13.4. The van der Waals surface area contributed by atoms with Crippen molar-refractivity contribution in [3.63, 3.8) is 0 Å². The number of thiazole rings is 1. The molecule has 1 fully saturated rings. The molecule has 110 valence electrons. The highest BCUT2D eigenvalue weighted by molar-refractivity contribution is 7.15. The predicted molar refractivity (Wildman–Crippen MR) is 88.9 cm³/mol. The Morgan fingerprint density at radius 1 is 1.19 bits per heavy atom. The number of hydrogen-bond donors (Lipinski definition) is 1. The first-order valence-corrected chi connectivity index (χ1v) is 9.00. The van der Waals surface area contributed by atoms with E-state index in [9.17, 15) is 0 Å². The number of nitrogens with one attached hydrogen (secondary N) is 1. The van der Waals surface area contributed by atoms with Crippen molar-refractivity contribution in [2.24, 2.45) is 0 Å². The van der Waals surface area contributed by atoms with Crippen LogP contribution in [-0.2, 0) is 6.42 Å². The standard InChI is InChI=1S/C18H22N2S/c1-2-19-15-4-3-5-16-17(15)20-18(21-16)14-10-8-13(9-11-14)12-6-7-12/h8-12,15,19H,2-7H2,1H3. The van der Waals surface area contributed by atoms with Crippen molar-refractivity contribution in [1.82, 2.24) is 10.3 Å². The number of fused-ring (bicyclic) bond motifs is 1. The average molecular weight is 298 g/mol. The van der Waals surface area contributed by atoms with E-state index in [1.165, 1.54) is 58.8 Å². The second-order valence-corrected chi connectivity index (χ2v) is 7.31. The summed E-state index contributed by atoms with van der Waals surface area (Å²) >= 11 is 1.90. The second kappa shape index (κ2) is 5.54. The highest BCUT2D eigenvalue weighted by Crippen LogP contribution is 2.41. The molecule has 21 heavy (non-hydrogen) atoms. The van der Waals surface area contributed by atoms with Gasteiger partial charge in [0.15, 0.2) is 0 Å². The Morgan fingerprint density at radius 2 is 2.00 bits per heavy atom. The van der Waals surface area contributed by atoms with E-state index in [0.29, 0.717) is 6.04 Å². The third-order valence-corrected chi connectivity index (χ3v) is 5.79. The number of benzene rings is 1. The van der Waals surface area contributed by atoms with Gasteiger partial charge >= 0.3 is 0 Å². The lowest BCUT2D eigenvalue weighted by Crippen LogP contribution is -2.24. The number of hydrogen-bond acceptors (Lipinski definition) is 3. The van der Waals surface area contributed by atoms with Crippen LogP contribution in [0.25, 0.3) is 10.6 Å². The third-order valence-electron chi connectivity index (χ3n) is 4.61. The third kappa shape index (κ3) is 2.65. The average Bonchev–Trinajstić information content (AvgIpc) is 3.27. The summed E-state index contributed by atoms with van der Waals surface area (Å²) < 4.78 is 0. The van der Waals surface area contributed by atoms with Gasteiger partial charge in [-0.15, -0.1) is 11.3 Å². The van der Waals surface area contributed by atoms with Gasteiger partial charge in [0.1, 0.15) is 5.01 Å². The zero-order valence-electron chi connectivity index (χ0n) is 12.6. The van der Waals surface area contributed by atoms with Crippen LogP contribution in [0.4, 0.5) is 0 Å². The lowest BCUT2D eigenvalue weighted by molar-refractivity contribution is 0.465. The van der Waals surface area contributed by atoms with E-state index in [2.05, 4.69) is 36.5 Å². The van der Waals surface area contributed by atoms with Gasteiger partial charge in [-0.3, -0.25) is 0 Å². The van der Waals surface area contributed by atoms with Gasteiger partial charge in [0.05, 0.1) is 11.7 Å². The van der Waals surface area contributed by atoms with Gasteiger partial charge in [-0.1, -0.05) is 31.2 Å². The highest BCUT2D eigenvalue weighted by atomic mass is 32.1. The molecular formula is C18H22N2S. The van der Waals surface area contributed by atoms with Crippen LogP contribution in [0, 0.1) is 0 Å². The van der Waals surface area contributed by atoms with Crippen LogP contribution in [0.1, 0.15) is 60.7 Å². The normalized spacial score (nSPS) is 21.3. The maximum atomic E-state index is 4.97. The van der Waals surface area contributed by atoms with Crippen LogP contribution in [0.3, 0.4) is 0 Å². The van der Waals surface area contributed by atoms with E-state index in [-0.39, 0.29) is 0 Å². The Bertz CT molecular complexity index is 625. The second-order valence-electron chi connectivity index (χ2n) is 6.23. The van der Waals surface area contributed by atoms with Gasteiger partial charge in [0, 0.05) is 10.4 Å². The Morgan fingerprint density at radius 3 is 2.71 bits per heavy atom. The predicted octanol–water partition coefficient (Wildman–Crippen LogP) is 4.67. The van der Waals surface area contributed by atoms with E-state index >= 15 is 0 Å². The lowest BCUT2D eigenvalue weighted by atomic mass is 9.97. The van der Waals surface area contributed by atoms with Crippen molar-refractivity contribution in [2.75, 3.05) is 6.54 Å². The molecule has 0 amide bonds. The summed E-state index contributed by atoms with van der Waals surface area (Å²) in [6.07, 6.45) is 6.46. The Hall–Kier alpha value is -1.19. The van der Waals surface area contributed by atoms with E-state index in [1.54, 1.807) is 0 Å². The molecule has 1 unspecified atom stereocenters. The molecule has 0 aliphatic heterocycles. The highest BCUT2D eigenvalue weighted by Gasteiger charge is 2.25. The summed E-state index contributed by atoms with van der Waals surface area (Å²) in [5, 5.41) is 4.78. The van der Waals surface area contributed by atoms with Gasteiger partial charge in [0.25, 0.3) is 0 Å². The van der Waals surface area contributed by atoms with Crippen LogP contribution in [0.5, 0.6) is 0 Å². The molecule has 4 rings (SSSR count). The van der Waals surface area contributed by atoms with Gasteiger partial charge in [-0.05, 0) is 50.1 Å². The summed E-state index contributed by atoms with van der Waals surface area (Å²) in [6, 6.07) is 9.60. The van der Waals surface area contributed by atoms with Crippen LogP contribution < -0.4 is 5.32 Å². The number of rotatable bonds is 4. The summed E-state index contributed by atoms with van der Waals surface area (Å²) in [6.45, 7) is 3.20. The summed E-state index contributed by atoms with van der Waals surface area (Å²) in [4.78, 5) is 6.46. The number of aromatic nitrogens is 1. The maximum absolute atomic E-state index is 4.97. The van der Waals surface area contributed by atoms with Gasteiger partial charge in [-0.2, -0.15) is 0 Å². The molecule has 1 atom stereocenters. The van der Waals surface area contributed by atoms with Crippen LogP contribution >= 0.6 is 11.3 Å². The molecule has 0 bridgehead atoms. The molecule has 1 aromatic carbocycles. The van der Waals surface area contributed by atoms with E-state index < -0.39 is 0 Å². The SMILES string of the molecule is CCNC1CCCc2sc(-c3ccc(C4CC4)cc3)nc21. The van der Waals surface area contributed by atoms with Crippen molar-refractivity contribution in [1.29, 1.82) is 0 Å². The van der Waals surface area contributed by atoms with Gasteiger partial charge < -0.3 is 5.32 Å². The first-order chi connectivity index (χ1) is 10.3. The molecule has 2 aliphatic carbocycles. The van der Waals surface area contributed by atoms with Crippen molar-refractivity contribution in [3.05, 3.63) is 40.4 Å². The number of nitrogens with zero attached hydrogens (tertiary/aromatic N) is 1. The smallest absolute Gasteiger partial charge is 0.123 e. The Labute approximate surface area is 130 Å². The summed E-state index contributed by atoms with van der Waals surface area (Å²) in [5.74, 6) is 0.835. The molecule has 2 aliphatic rings. The quantitative estimate of drug-likeness (QED) is 0.887. The van der Waals surface area contributed by atoms with Gasteiger partial charge in [0.2, 0.25) is 0 Å². The topological polar surface area (TPSA) is 24.9 Å². The van der Waals surface area contributed by atoms with E-state index in [0.717, 1.165) is 12.5 Å². The lowest BCUT2D eigenvalue weighted by Gasteiger charge is -2.21. The summed E-state index contributed by atoms with van der Waals surface area (Å²) in [7, 11) is 0. The number of aryl methyl sites for hydroxylation is 1. The minimum Gasteiger partial charge on any atom is -0.309 e. The van der Waals surface area contributed by atoms with Crippen LogP contribution in [0.15, 0.2) is 24.3 Å². The fourth-order valence-electron chi connectivity index (χ4n) is 3.30. The molecule has 0 saturated heterocycles. The van der Waals surface area contributed by atoms with Crippen LogP contribution in [0.2, 0.25) is 0 Å². The van der Waals surface area contributed by atoms with Crippen molar-refractivity contribution >= 4 is 11.3 Å².